The average Bonchev–Trinajstić information content (AvgIpc) is 2.23. The summed E-state index contributed by atoms with van der Waals surface area (Å²) in [6.07, 6.45) is 0. The fourth-order valence-corrected chi connectivity index (χ4v) is 2.36. The molecule has 0 aliphatic carbocycles. The summed E-state index contributed by atoms with van der Waals surface area (Å²) in [5.74, 6) is 0. The standard InChI is InChI=1S/C12H8BrCl2N/c13-10-3-1-2-9(12(10)16)8-5-4-7(14)6-11(8)15/h1-6H,16H2. The van der Waals surface area contributed by atoms with Crippen molar-refractivity contribution in [2.75, 3.05) is 5.73 Å². The summed E-state index contributed by atoms with van der Waals surface area (Å²) in [6.45, 7) is 0. The van der Waals surface area contributed by atoms with Gasteiger partial charge in [0.2, 0.25) is 0 Å². The molecule has 0 unspecified atom stereocenters. The van der Waals surface area contributed by atoms with Crippen LogP contribution in [0.1, 0.15) is 0 Å². The summed E-state index contributed by atoms with van der Waals surface area (Å²) in [4.78, 5) is 0. The highest BCUT2D eigenvalue weighted by Gasteiger charge is 2.09. The highest BCUT2D eigenvalue weighted by Crippen LogP contribution is 2.36. The first-order chi connectivity index (χ1) is 7.59. The molecule has 2 aromatic rings. The van der Waals surface area contributed by atoms with Gasteiger partial charge in [0.25, 0.3) is 0 Å². The molecule has 0 atom stereocenters. The predicted molar refractivity (Wildman–Crippen MR) is 74.0 cm³/mol. The molecule has 0 saturated heterocycles. The van der Waals surface area contributed by atoms with Crippen LogP contribution in [-0.4, -0.2) is 0 Å². The molecule has 0 aromatic heterocycles. The van der Waals surface area contributed by atoms with Crippen molar-refractivity contribution in [2.24, 2.45) is 0 Å². The number of rotatable bonds is 1. The van der Waals surface area contributed by atoms with Gasteiger partial charge in [0.15, 0.2) is 0 Å². The molecule has 0 amide bonds. The number of halogens is 3. The molecule has 0 spiro atoms. The Labute approximate surface area is 112 Å². The van der Waals surface area contributed by atoms with Crippen molar-refractivity contribution in [1.29, 1.82) is 0 Å². The van der Waals surface area contributed by atoms with Crippen LogP contribution in [0.5, 0.6) is 0 Å². The Morgan fingerprint density at radius 3 is 2.44 bits per heavy atom. The number of benzene rings is 2. The van der Waals surface area contributed by atoms with E-state index in [0.29, 0.717) is 15.7 Å². The lowest BCUT2D eigenvalue weighted by Crippen LogP contribution is -1.91. The molecule has 0 aliphatic heterocycles. The van der Waals surface area contributed by atoms with Crippen LogP contribution in [-0.2, 0) is 0 Å². The summed E-state index contributed by atoms with van der Waals surface area (Å²) in [7, 11) is 0. The molecule has 0 radical (unpaired) electrons. The van der Waals surface area contributed by atoms with E-state index >= 15 is 0 Å². The maximum Gasteiger partial charge on any atom is 0.0538 e. The zero-order chi connectivity index (χ0) is 11.7. The summed E-state index contributed by atoms with van der Waals surface area (Å²) in [6, 6.07) is 11.1. The van der Waals surface area contributed by atoms with E-state index < -0.39 is 0 Å². The summed E-state index contributed by atoms with van der Waals surface area (Å²) in [5.41, 5.74) is 8.43. The molecule has 0 aliphatic rings. The van der Waals surface area contributed by atoms with Gasteiger partial charge in [0, 0.05) is 25.6 Å². The number of hydrogen-bond donors (Lipinski definition) is 1. The maximum atomic E-state index is 6.13. The summed E-state index contributed by atoms with van der Waals surface area (Å²) >= 11 is 15.4. The first kappa shape index (κ1) is 11.8. The quantitative estimate of drug-likeness (QED) is 0.736. The monoisotopic (exact) mass is 315 g/mol. The second kappa shape index (κ2) is 4.66. The summed E-state index contributed by atoms with van der Waals surface area (Å²) in [5, 5.41) is 1.21. The van der Waals surface area contributed by atoms with Gasteiger partial charge >= 0.3 is 0 Å². The fraction of sp³-hybridized carbons (Fsp3) is 0. The Balaban J connectivity index is 2.63. The number of nitrogen functional groups attached to an aromatic ring is 1. The molecule has 0 fully saturated rings. The Bertz CT molecular complexity index is 541. The van der Waals surface area contributed by atoms with Gasteiger partial charge in [-0.3, -0.25) is 0 Å². The van der Waals surface area contributed by atoms with Gasteiger partial charge in [0.1, 0.15) is 0 Å². The second-order valence-corrected chi connectivity index (χ2v) is 5.02. The molecule has 0 bridgehead atoms. The predicted octanol–water partition coefficient (Wildman–Crippen LogP) is 5.01. The fourth-order valence-electron chi connectivity index (χ4n) is 1.48. The molecule has 0 heterocycles. The van der Waals surface area contributed by atoms with Crippen LogP contribution in [0.25, 0.3) is 11.1 Å². The van der Waals surface area contributed by atoms with E-state index in [0.717, 1.165) is 15.6 Å². The third kappa shape index (κ3) is 2.19. The molecule has 16 heavy (non-hydrogen) atoms. The minimum Gasteiger partial charge on any atom is -0.397 e. The van der Waals surface area contributed by atoms with Crippen molar-refractivity contribution >= 4 is 44.8 Å². The number of nitrogens with two attached hydrogens (primary N) is 1. The molecule has 82 valence electrons. The van der Waals surface area contributed by atoms with Gasteiger partial charge in [-0.05, 0) is 34.1 Å². The van der Waals surface area contributed by atoms with Crippen LogP contribution in [0, 0.1) is 0 Å². The summed E-state index contributed by atoms with van der Waals surface area (Å²) < 4.78 is 0.857. The Morgan fingerprint density at radius 1 is 1.00 bits per heavy atom. The normalized spacial score (nSPS) is 10.4. The van der Waals surface area contributed by atoms with Crippen LogP contribution in [0.15, 0.2) is 40.9 Å². The SMILES string of the molecule is Nc1c(Br)cccc1-c1ccc(Cl)cc1Cl. The molecular weight excluding hydrogens is 309 g/mol. The third-order valence-corrected chi connectivity index (χ3v) is 3.51. The van der Waals surface area contributed by atoms with E-state index in [9.17, 15) is 0 Å². The maximum absolute atomic E-state index is 6.13. The van der Waals surface area contributed by atoms with Crippen molar-refractivity contribution in [3.05, 3.63) is 50.9 Å². The zero-order valence-electron chi connectivity index (χ0n) is 8.18. The van der Waals surface area contributed by atoms with Gasteiger partial charge in [-0.25, -0.2) is 0 Å². The van der Waals surface area contributed by atoms with Gasteiger partial charge < -0.3 is 5.73 Å². The lowest BCUT2D eigenvalue weighted by Gasteiger charge is -2.09. The van der Waals surface area contributed by atoms with Crippen LogP contribution in [0.4, 0.5) is 5.69 Å². The van der Waals surface area contributed by atoms with Gasteiger partial charge in [-0.1, -0.05) is 41.4 Å². The van der Waals surface area contributed by atoms with Crippen LogP contribution in [0.3, 0.4) is 0 Å². The van der Waals surface area contributed by atoms with E-state index in [2.05, 4.69) is 15.9 Å². The Hall–Kier alpha value is -0.700. The number of anilines is 1. The number of hydrogen-bond acceptors (Lipinski definition) is 1. The largest absolute Gasteiger partial charge is 0.397 e. The molecule has 0 saturated carbocycles. The van der Waals surface area contributed by atoms with E-state index in [1.54, 1.807) is 12.1 Å². The Morgan fingerprint density at radius 2 is 1.75 bits per heavy atom. The molecule has 1 nitrogen and oxygen atoms in total. The highest BCUT2D eigenvalue weighted by molar-refractivity contribution is 9.10. The smallest absolute Gasteiger partial charge is 0.0538 e. The molecule has 2 N–H and O–H groups in total. The van der Waals surface area contributed by atoms with Gasteiger partial charge in [-0.15, -0.1) is 0 Å². The lowest BCUT2D eigenvalue weighted by molar-refractivity contribution is 1.58. The molecular formula is C12H8BrCl2N. The Kier molecular flexibility index (Phi) is 3.43. The van der Waals surface area contributed by atoms with Crippen molar-refractivity contribution < 1.29 is 0 Å². The van der Waals surface area contributed by atoms with Crippen LogP contribution >= 0.6 is 39.1 Å². The lowest BCUT2D eigenvalue weighted by atomic mass is 10.0. The van der Waals surface area contributed by atoms with Gasteiger partial charge in [-0.2, -0.15) is 0 Å². The van der Waals surface area contributed by atoms with E-state index in [-0.39, 0.29) is 0 Å². The topological polar surface area (TPSA) is 26.0 Å². The van der Waals surface area contributed by atoms with Crippen molar-refractivity contribution in [3.63, 3.8) is 0 Å². The third-order valence-electron chi connectivity index (χ3n) is 2.27. The average molecular weight is 317 g/mol. The van der Waals surface area contributed by atoms with Crippen LogP contribution in [0.2, 0.25) is 10.0 Å². The van der Waals surface area contributed by atoms with Crippen molar-refractivity contribution in [2.45, 2.75) is 0 Å². The minimum absolute atomic E-state index is 0.595. The first-order valence-corrected chi connectivity index (χ1v) is 6.14. The molecule has 2 aromatic carbocycles. The number of para-hydroxylation sites is 1. The van der Waals surface area contributed by atoms with E-state index in [4.69, 9.17) is 28.9 Å². The van der Waals surface area contributed by atoms with Crippen molar-refractivity contribution in [3.8, 4) is 11.1 Å². The van der Waals surface area contributed by atoms with Crippen molar-refractivity contribution in [1.82, 2.24) is 0 Å². The van der Waals surface area contributed by atoms with Crippen LogP contribution < -0.4 is 5.73 Å². The van der Waals surface area contributed by atoms with E-state index in [1.165, 1.54) is 0 Å². The van der Waals surface area contributed by atoms with Gasteiger partial charge in [0.05, 0.1) is 5.69 Å². The first-order valence-electron chi connectivity index (χ1n) is 4.59. The molecule has 4 heteroatoms. The second-order valence-electron chi connectivity index (χ2n) is 3.33. The highest BCUT2D eigenvalue weighted by atomic mass is 79.9. The van der Waals surface area contributed by atoms with E-state index in [1.807, 2.05) is 24.3 Å². The zero-order valence-corrected chi connectivity index (χ0v) is 11.3. The molecule has 2 rings (SSSR count). The minimum atomic E-state index is 0.595.